The minimum Gasteiger partial charge on any atom is -0.382 e. The Hall–Kier alpha value is -3.76. The summed E-state index contributed by atoms with van der Waals surface area (Å²) in [6.45, 7) is 3.84. The summed E-state index contributed by atoms with van der Waals surface area (Å²) in [4.78, 5) is 21.4. The first-order valence-electron chi connectivity index (χ1n) is 10.8. The average molecular weight is 480 g/mol. The van der Waals surface area contributed by atoms with Crippen molar-refractivity contribution >= 4 is 38.6 Å². The molecule has 9 nitrogen and oxygen atoms in total. The Kier molecular flexibility index (Phi) is 7.19. The number of amides is 1. The van der Waals surface area contributed by atoms with Crippen LogP contribution in [0.4, 0.5) is 11.6 Å². The largest absolute Gasteiger partial charge is 0.382 e. The number of anilines is 2. The van der Waals surface area contributed by atoms with Crippen LogP contribution < -0.4 is 10.0 Å². The molecule has 4 rings (SSSR count). The molecular formula is C24H25N5O4S. The number of hydrogen-bond donors (Lipinski definition) is 2. The lowest BCUT2D eigenvalue weighted by Gasteiger charge is -2.11. The standard InChI is InChI=1S/C24H25N5O4S/c1-2-33-17-5-16-29-22-7-4-3-6-21(22)26-24(29)27-23(30)18-8-10-20(11-9-18)34(31,32)28-19-12-14-25-15-13-19/h3-4,6-15H,2,5,16-17H2,1H3,(H,25,28)(H,26,27,30). The van der Waals surface area contributed by atoms with Crippen LogP contribution in [0.3, 0.4) is 0 Å². The van der Waals surface area contributed by atoms with Gasteiger partial charge in [-0.2, -0.15) is 0 Å². The number of nitrogens with one attached hydrogen (secondary N) is 2. The minimum atomic E-state index is -3.79. The molecule has 2 aromatic heterocycles. The van der Waals surface area contributed by atoms with E-state index in [1.165, 1.54) is 36.7 Å². The summed E-state index contributed by atoms with van der Waals surface area (Å²) in [7, 11) is -3.79. The van der Waals surface area contributed by atoms with Crippen LogP contribution in [-0.2, 0) is 21.3 Å². The first-order valence-corrected chi connectivity index (χ1v) is 12.3. The van der Waals surface area contributed by atoms with E-state index in [-0.39, 0.29) is 10.8 Å². The number of para-hydroxylation sites is 2. The quantitative estimate of drug-likeness (QED) is 0.333. The molecular weight excluding hydrogens is 454 g/mol. The van der Waals surface area contributed by atoms with Gasteiger partial charge < -0.3 is 9.30 Å². The normalized spacial score (nSPS) is 11.4. The van der Waals surface area contributed by atoms with Crippen molar-refractivity contribution in [1.82, 2.24) is 14.5 Å². The van der Waals surface area contributed by atoms with Gasteiger partial charge in [-0.05, 0) is 61.9 Å². The lowest BCUT2D eigenvalue weighted by Crippen LogP contribution is -2.17. The van der Waals surface area contributed by atoms with Gasteiger partial charge in [0, 0.05) is 37.7 Å². The van der Waals surface area contributed by atoms with E-state index in [0.717, 1.165) is 17.5 Å². The fourth-order valence-electron chi connectivity index (χ4n) is 3.46. The molecule has 0 fully saturated rings. The fraction of sp³-hybridized carbons (Fsp3) is 0.208. The van der Waals surface area contributed by atoms with Gasteiger partial charge in [0.05, 0.1) is 21.6 Å². The zero-order valence-electron chi connectivity index (χ0n) is 18.6. The number of sulfonamides is 1. The van der Waals surface area contributed by atoms with Gasteiger partial charge >= 0.3 is 0 Å². The van der Waals surface area contributed by atoms with Gasteiger partial charge in [0.25, 0.3) is 15.9 Å². The van der Waals surface area contributed by atoms with Crippen LogP contribution in [0.1, 0.15) is 23.7 Å². The molecule has 0 aliphatic rings. The number of aromatic nitrogens is 3. The van der Waals surface area contributed by atoms with Crippen molar-refractivity contribution in [2.75, 3.05) is 23.3 Å². The average Bonchev–Trinajstić information content (AvgIpc) is 3.19. The van der Waals surface area contributed by atoms with Gasteiger partial charge in [-0.25, -0.2) is 13.4 Å². The van der Waals surface area contributed by atoms with Crippen LogP contribution in [0, 0.1) is 0 Å². The molecule has 0 radical (unpaired) electrons. The number of aryl methyl sites for hydroxylation is 1. The maximum absolute atomic E-state index is 12.9. The van der Waals surface area contributed by atoms with E-state index in [4.69, 9.17) is 4.74 Å². The maximum Gasteiger partial charge on any atom is 0.261 e. The number of carbonyl (C=O) groups excluding carboxylic acids is 1. The highest BCUT2D eigenvalue weighted by molar-refractivity contribution is 7.92. The number of rotatable bonds is 10. The number of fused-ring (bicyclic) bond motifs is 1. The number of pyridine rings is 1. The van der Waals surface area contributed by atoms with E-state index < -0.39 is 10.0 Å². The molecule has 2 heterocycles. The third-order valence-electron chi connectivity index (χ3n) is 5.11. The number of hydrogen-bond acceptors (Lipinski definition) is 6. The van der Waals surface area contributed by atoms with E-state index in [0.29, 0.717) is 37.0 Å². The summed E-state index contributed by atoms with van der Waals surface area (Å²) in [6, 6.07) is 16.5. The summed E-state index contributed by atoms with van der Waals surface area (Å²) < 4.78 is 35.1. The molecule has 0 aliphatic carbocycles. The first kappa shape index (κ1) is 23.4. The second-order valence-electron chi connectivity index (χ2n) is 7.45. The summed E-state index contributed by atoms with van der Waals surface area (Å²) in [5.74, 6) is 0.0474. The monoisotopic (exact) mass is 479 g/mol. The Bertz CT molecular complexity index is 1370. The van der Waals surface area contributed by atoms with E-state index in [2.05, 4.69) is 20.0 Å². The first-order chi connectivity index (χ1) is 16.5. The number of carbonyl (C=O) groups is 1. The van der Waals surface area contributed by atoms with Crippen molar-refractivity contribution < 1.29 is 17.9 Å². The zero-order chi connectivity index (χ0) is 24.0. The van der Waals surface area contributed by atoms with Crippen LogP contribution in [0.2, 0.25) is 0 Å². The van der Waals surface area contributed by atoms with E-state index in [9.17, 15) is 13.2 Å². The van der Waals surface area contributed by atoms with Crippen molar-refractivity contribution in [3.63, 3.8) is 0 Å². The Balaban J connectivity index is 1.50. The molecule has 4 aromatic rings. The van der Waals surface area contributed by atoms with Crippen molar-refractivity contribution in [3.8, 4) is 0 Å². The third kappa shape index (κ3) is 5.41. The van der Waals surface area contributed by atoms with Crippen LogP contribution in [-0.4, -0.2) is 42.1 Å². The number of ether oxygens (including phenoxy) is 1. The number of nitrogens with zero attached hydrogens (tertiary/aromatic N) is 3. The molecule has 10 heteroatoms. The fourth-order valence-corrected chi connectivity index (χ4v) is 4.52. The molecule has 0 bridgehead atoms. The van der Waals surface area contributed by atoms with E-state index in [1.807, 2.05) is 35.8 Å². The van der Waals surface area contributed by atoms with Gasteiger partial charge in [0.1, 0.15) is 0 Å². The van der Waals surface area contributed by atoms with Crippen LogP contribution in [0.25, 0.3) is 11.0 Å². The Morgan fingerprint density at radius 2 is 1.76 bits per heavy atom. The predicted octanol–water partition coefficient (Wildman–Crippen LogP) is 3.91. The molecule has 0 atom stereocenters. The molecule has 2 aromatic carbocycles. The topological polar surface area (TPSA) is 115 Å². The lowest BCUT2D eigenvalue weighted by atomic mass is 10.2. The Labute approximate surface area is 197 Å². The second kappa shape index (κ2) is 10.4. The Morgan fingerprint density at radius 3 is 2.50 bits per heavy atom. The lowest BCUT2D eigenvalue weighted by molar-refractivity contribution is 0.102. The SMILES string of the molecule is CCOCCCn1c(NC(=O)c2ccc(S(=O)(=O)Nc3ccncc3)cc2)nc2ccccc21. The van der Waals surface area contributed by atoms with Gasteiger partial charge in [-0.15, -0.1) is 0 Å². The third-order valence-corrected chi connectivity index (χ3v) is 6.51. The molecule has 34 heavy (non-hydrogen) atoms. The molecule has 0 aliphatic heterocycles. The second-order valence-corrected chi connectivity index (χ2v) is 9.13. The number of imidazole rings is 1. The Morgan fingerprint density at radius 1 is 1.03 bits per heavy atom. The van der Waals surface area contributed by atoms with E-state index in [1.54, 1.807) is 12.1 Å². The minimum absolute atomic E-state index is 0.0454. The highest BCUT2D eigenvalue weighted by Gasteiger charge is 2.17. The molecule has 0 saturated heterocycles. The van der Waals surface area contributed by atoms with Gasteiger partial charge in [0.15, 0.2) is 0 Å². The predicted molar refractivity (Wildman–Crippen MR) is 130 cm³/mol. The summed E-state index contributed by atoms with van der Waals surface area (Å²) in [6.07, 6.45) is 3.76. The van der Waals surface area contributed by atoms with Crippen molar-refractivity contribution in [3.05, 3.63) is 78.6 Å². The van der Waals surface area contributed by atoms with E-state index >= 15 is 0 Å². The maximum atomic E-state index is 12.9. The van der Waals surface area contributed by atoms with Gasteiger partial charge in [0.2, 0.25) is 5.95 Å². The summed E-state index contributed by atoms with van der Waals surface area (Å²) in [5.41, 5.74) is 2.41. The van der Waals surface area contributed by atoms with Crippen molar-refractivity contribution in [1.29, 1.82) is 0 Å². The molecule has 176 valence electrons. The summed E-state index contributed by atoms with van der Waals surface area (Å²) in [5, 5.41) is 2.86. The highest BCUT2D eigenvalue weighted by Crippen LogP contribution is 2.21. The molecule has 0 saturated carbocycles. The molecule has 0 spiro atoms. The molecule has 1 amide bonds. The van der Waals surface area contributed by atoms with Crippen LogP contribution in [0.5, 0.6) is 0 Å². The molecule has 2 N–H and O–H groups in total. The van der Waals surface area contributed by atoms with Crippen LogP contribution >= 0.6 is 0 Å². The summed E-state index contributed by atoms with van der Waals surface area (Å²) >= 11 is 0. The van der Waals surface area contributed by atoms with Gasteiger partial charge in [-0.1, -0.05) is 12.1 Å². The zero-order valence-corrected chi connectivity index (χ0v) is 19.5. The molecule has 0 unspecified atom stereocenters. The number of benzene rings is 2. The van der Waals surface area contributed by atoms with Crippen molar-refractivity contribution in [2.45, 2.75) is 24.8 Å². The smallest absolute Gasteiger partial charge is 0.261 e. The highest BCUT2D eigenvalue weighted by atomic mass is 32.2. The van der Waals surface area contributed by atoms with Crippen LogP contribution in [0.15, 0.2) is 78.0 Å². The van der Waals surface area contributed by atoms with Crippen molar-refractivity contribution in [2.24, 2.45) is 0 Å². The van der Waals surface area contributed by atoms with Gasteiger partial charge in [-0.3, -0.25) is 19.8 Å².